The molecule has 1 aromatic carbocycles. The summed E-state index contributed by atoms with van der Waals surface area (Å²) in [5.41, 5.74) is 1.23. The van der Waals surface area contributed by atoms with E-state index in [-0.39, 0.29) is 6.10 Å². The second-order valence-corrected chi connectivity index (χ2v) is 5.32. The van der Waals surface area contributed by atoms with Crippen molar-refractivity contribution in [2.24, 2.45) is 0 Å². The molecule has 0 spiro atoms. The number of nitrogens with one attached hydrogen (secondary N) is 1. The van der Waals surface area contributed by atoms with Crippen molar-refractivity contribution in [3.05, 3.63) is 46.4 Å². The maximum absolute atomic E-state index is 5.67. The number of rotatable bonds is 6. The zero-order valence-electron chi connectivity index (χ0n) is 10.7. The summed E-state index contributed by atoms with van der Waals surface area (Å²) in [4.78, 5) is 4.24. The van der Waals surface area contributed by atoms with E-state index in [1.165, 1.54) is 5.56 Å². The molecule has 2 aromatic rings. The summed E-state index contributed by atoms with van der Waals surface area (Å²) in [5.74, 6) is 0.929. The molecule has 1 aromatic heterocycles. The van der Waals surface area contributed by atoms with Gasteiger partial charge in [-0.15, -0.1) is 11.3 Å². The second-order valence-electron chi connectivity index (χ2n) is 4.34. The van der Waals surface area contributed by atoms with Gasteiger partial charge in [0, 0.05) is 24.7 Å². The predicted octanol–water partition coefficient (Wildman–Crippen LogP) is 3.22. The van der Waals surface area contributed by atoms with Gasteiger partial charge in [0.2, 0.25) is 0 Å². The van der Waals surface area contributed by atoms with Gasteiger partial charge in [-0.25, -0.2) is 4.98 Å². The first-order chi connectivity index (χ1) is 8.74. The van der Waals surface area contributed by atoms with Crippen molar-refractivity contribution >= 4 is 11.3 Å². The van der Waals surface area contributed by atoms with Crippen molar-refractivity contribution in [2.75, 3.05) is 0 Å². The summed E-state index contributed by atoms with van der Waals surface area (Å²) in [7, 11) is 0. The Kier molecular flexibility index (Phi) is 4.73. The Morgan fingerprint density at radius 1 is 1.33 bits per heavy atom. The molecule has 1 N–H and O–H groups in total. The first kappa shape index (κ1) is 13.1. The molecule has 4 heteroatoms. The van der Waals surface area contributed by atoms with Gasteiger partial charge in [-0.05, 0) is 31.5 Å². The minimum absolute atomic E-state index is 0.212. The normalized spacial score (nSPS) is 10.8. The van der Waals surface area contributed by atoms with E-state index in [4.69, 9.17) is 4.74 Å². The van der Waals surface area contributed by atoms with Gasteiger partial charge in [0.15, 0.2) is 0 Å². The monoisotopic (exact) mass is 262 g/mol. The summed E-state index contributed by atoms with van der Waals surface area (Å²) < 4.78 is 5.67. The molecule has 96 valence electrons. The van der Waals surface area contributed by atoms with Crippen LogP contribution in [0.25, 0.3) is 0 Å². The number of aromatic nitrogens is 1. The highest BCUT2D eigenvalue weighted by Crippen LogP contribution is 2.15. The number of benzene rings is 1. The van der Waals surface area contributed by atoms with E-state index >= 15 is 0 Å². The lowest BCUT2D eigenvalue weighted by atomic mass is 10.2. The molecule has 18 heavy (non-hydrogen) atoms. The second kappa shape index (κ2) is 6.52. The average Bonchev–Trinajstić information content (AvgIpc) is 2.82. The van der Waals surface area contributed by atoms with Crippen molar-refractivity contribution in [3.8, 4) is 5.75 Å². The van der Waals surface area contributed by atoms with Crippen LogP contribution in [0.4, 0.5) is 0 Å². The van der Waals surface area contributed by atoms with E-state index in [0.717, 1.165) is 23.8 Å². The average molecular weight is 262 g/mol. The molecule has 0 amide bonds. The third-order valence-electron chi connectivity index (χ3n) is 2.36. The summed E-state index contributed by atoms with van der Waals surface area (Å²) in [5, 5.41) is 6.49. The largest absolute Gasteiger partial charge is 0.491 e. The van der Waals surface area contributed by atoms with Crippen molar-refractivity contribution in [3.63, 3.8) is 0 Å². The highest BCUT2D eigenvalue weighted by Gasteiger charge is 2.00. The van der Waals surface area contributed by atoms with E-state index < -0.39 is 0 Å². The van der Waals surface area contributed by atoms with E-state index in [2.05, 4.69) is 22.4 Å². The number of thiazole rings is 1. The lowest BCUT2D eigenvalue weighted by Crippen LogP contribution is -2.12. The Balaban J connectivity index is 1.85. The fourth-order valence-corrected chi connectivity index (χ4v) is 2.24. The topological polar surface area (TPSA) is 34.1 Å². The van der Waals surface area contributed by atoms with E-state index in [9.17, 15) is 0 Å². The molecule has 0 fully saturated rings. The molecule has 0 aliphatic heterocycles. The van der Waals surface area contributed by atoms with Crippen LogP contribution in [0.3, 0.4) is 0 Å². The number of ether oxygens (including phenoxy) is 1. The van der Waals surface area contributed by atoms with Crippen LogP contribution < -0.4 is 10.1 Å². The fraction of sp³-hybridized carbons (Fsp3) is 0.357. The van der Waals surface area contributed by atoms with Crippen LogP contribution >= 0.6 is 11.3 Å². The molecule has 0 aliphatic carbocycles. The molecule has 0 unspecified atom stereocenters. The molecule has 0 atom stereocenters. The van der Waals surface area contributed by atoms with E-state index in [1.54, 1.807) is 11.3 Å². The molecule has 3 nitrogen and oxygen atoms in total. The Bertz CT molecular complexity index is 468. The third kappa shape index (κ3) is 4.13. The molecule has 0 bridgehead atoms. The van der Waals surface area contributed by atoms with Crippen LogP contribution in [0, 0.1) is 0 Å². The van der Waals surface area contributed by atoms with Crippen LogP contribution in [0.2, 0.25) is 0 Å². The maximum Gasteiger partial charge on any atom is 0.120 e. The molecule has 0 radical (unpaired) electrons. The van der Waals surface area contributed by atoms with E-state index in [1.807, 2.05) is 37.6 Å². The van der Waals surface area contributed by atoms with Crippen LogP contribution in [0.1, 0.15) is 24.4 Å². The van der Waals surface area contributed by atoms with Gasteiger partial charge < -0.3 is 10.1 Å². The zero-order valence-corrected chi connectivity index (χ0v) is 11.5. The lowest BCUT2D eigenvalue weighted by Gasteiger charge is -2.11. The van der Waals surface area contributed by atoms with E-state index in [0.29, 0.717) is 0 Å². The SMILES string of the molecule is CC(C)Oc1cccc(CNCc2nccs2)c1. The Morgan fingerprint density at radius 2 is 2.22 bits per heavy atom. The quantitative estimate of drug-likeness (QED) is 0.868. The zero-order chi connectivity index (χ0) is 12.8. The summed E-state index contributed by atoms with van der Waals surface area (Å²) in [6, 6.07) is 8.19. The fourth-order valence-electron chi connectivity index (χ4n) is 1.65. The van der Waals surface area contributed by atoms with Crippen LogP contribution in [-0.2, 0) is 13.1 Å². The Morgan fingerprint density at radius 3 is 2.94 bits per heavy atom. The molecular formula is C14H18N2OS. The predicted molar refractivity (Wildman–Crippen MR) is 74.9 cm³/mol. The highest BCUT2D eigenvalue weighted by molar-refractivity contribution is 7.09. The first-order valence-electron chi connectivity index (χ1n) is 6.09. The Hall–Kier alpha value is -1.39. The number of hydrogen-bond donors (Lipinski definition) is 1. The first-order valence-corrected chi connectivity index (χ1v) is 6.96. The minimum atomic E-state index is 0.212. The maximum atomic E-state index is 5.67. The molecule has 2 rings (SSSR count). The van der Waals surface area contributed by atoms with Crippen molar-refractivity contribution in [1.82, 2.24) is 10.3 Å². The van der Waals surface area contributed by atoms with Gasteiger partial charge >= 0.3 is 0 Å². The summed E-state index contributed by atoms with van der Waals surface area (Å²) in [6.07, 6.45) is 2.04. The van der Waals surface area contributed by atoms with Gasteiger partial charge in [-0.1, -0.05) is 12.1 Å². The third-order valence-corrected chi connectivity index (χ3v) is 3.14. The smallest absolute Gasteiger partial charge is 0.120 e. The van der Waals surface area contributed by atoms with Crippen molar-refractivity contribution < 1.29 is 4.74 Å². The Labute approximate surface area is 112 Å². The number of nitrogens with zero attached hydrogens (tertiary/aromatic N) is 1. The molecule has 1 heterocycles. The summed E-state index contributed by atoms with van der Waals surface area (Å²) >= 11 is 1.67. The minimum Gasteiger partial charge on any atom is -0.491 e. The van der Waals surface area contributed by atoms with Gasteiger partial charge in [0.1, 0.15) is 10.8 Å². The molecule has 0 aliphatic rings. The van der Waals surface area contributed by atoms with Gasteiger partial charge in [0.05, 0.1) is 6.10 Å². The van der Waals surface area contributed by atoms with Crippen molar-refractivity contribution in [2.45, 2.75) is 33.0 Å². The van der Waals surface area contributed by atoms with Crippen molar-refractivity contribution in [1.29, 1.82) is 0 Å². The molecule has 0 saturated carbocycles. The highest BCUT2D eigenvalue weighted by atomic mass is 32.1. The van der Waals surface area contributed by atoms with Crippen LogP contribution in [-0.4, -0.2) is 11.1 Å². The van der Waals surface area contributed by atoms with Gasteiger partial charge in [-0.2, -0.15) is 0 Å². The molecule has 0 saturated heterocycles. The molecular weight excluding hydrogens is 244 g/mol. The number of hydrogen-bond acceptors (Lipinski definition) is 4. The van der Waals surface area contributed by atoms with Gasteiger partial charge in [-0.3, -0.25) is 0 Å². The van der Waals surface area contributed by atoms with Crippen LogP contribution in [0.15, 0.2) is 35.8 Å². The van der Waals surface area contributed by atoms with Crippen LogP contribution in [0.5, 0.6) is 5.75 Å². The summed E-state index contributed by atoms with van der Waals surface area (Å²) in [6.45, 7) is 5.71. The van der Waals surface area contributed by atoms with Gasteiger partial charge in [0.25, 0.3) is 0 Å². The lowest BCUT2D eigenvalue weighted by molar-refractivity contribution is 0.242. The standard InChI is InChI=1S/C14H18N2OS/c1-11(2)17-13-5-3-4-12(8-13)9-15-10-14-16-6-7-18-14/h3-8,11,15H,9-10H2,1-2H3.